The summed E-state index contributed by atoms with van der Waals surface area (Å²) in [6, 6.07) is 0. The highest BCUT2D eigenvalue weighted by molar-refractivity contribution is 14.2. The van der Waals surface area contributed by atoms with Crippen molar-refractivity contribution in [2.24, 2.45) is 0 Å². The Morgan fingerprint density at radius 2 is 2.00 bits per heavy atom. The van der Waals surface area contributed by atoms with Gasteiger partial charge in [-0.2, -0.15) is 0 Å². The monoisotopic (exact) mass is 424 g/mol. The molecule has 0 bridgehead atoms. The third kappa shape index (κ3) is 9.50. The maximum Gasteiger partial charge on any atom is 0.0857 e. The lowest BCUT2D eigenvalue weighted by Crippen LogP contribution is -2.25. The highest BCUT2D eigenvalue weighted by Crippen LogP contribution is 2.20. The maximum atomic E-state index is 5.80. The van der Waals surface area contributed by atoms with E-state index < -0.39 is 0 Å². The summed E-state index contributed by atoms with van der Waals surface area (Å²) in [6.45, 7) is 5.76. The van der Waals surface area contributed by atoms with E-state index in [1.54, 1.807) is 0 Å². The Kier molecular flexibility index (Phi) is 14.1. The highest BCUT2D eigenvalue weighted by Gasteiger charge is 2.16. The molecule has 0 aliphatic heterocycles. The first-order valence-electron chi connectivity index (χ1n) is 5.92. The second-order valence-corrected chi connectivity index (χ2v) is 6.33. The molecule has 0 radical (unpaired) electrons. The van der Waals surface area contributed by atoms with Crippen LogP contribution in [0.3, 0.4) is 0 Å². The van der Waals surface area contributed by atoms with Crippen LogP contribution in [0.5, 0.6) is 0 Å². The molecular weight excluding hydrogens is 403 g/mol. The van der Waals surface area contributed by atoms with E-state index >= 15 is 0 Å². The van der Waals surface area contributed by atoms with Gasteiger partial charge < -0.3 is 8.92 Å². The fraction of sp³-hybridized carbons (Fsp3) is 1.00. The maximum absolute atomic E-state index is 5.80. The molecule has 5 heteroatoms. The average Bonchev–Trinajstić information content (AvgIpc) is 2.29. The first-order chi connectivity index (χ1) is 7.76. The van der Waals surface area contributed by atoms with Gasteiger partial charge in [0.05, 0.1) is 28.5 Å². The van der Waals surface area contributed by atoms with Gasteiger partial charge in [0.15, 0.2) is 0 Å². The summed E-state index contributed by atoms with van der Waals surface area (Å²) in [5, 5.41) is 0. The van der Waals surface area contributed by atoms with Crippen LogP contribution in [0.25, 0.3) is 0 Å². The minimum Gasteiger partial charge on any atom is -0.375 e. The second-order valence-electron chi connectivity index (χ2n) is 3.71. The minimum absolute atomic E-state index is 0.319. The first kappa shape index (κ1) is 17.5. The van der Waals surface area contributed by atoms with Crippen LogP contribution in [0, 0.1) is 0 Å². The van der Waals surface area contributed by atoms with Gasteiger partial charge in [0, 0.05) is 26.0 Å². The Hall–Kier alpha value is 1.48. The topological polar surface area (TPSA) is 18.5 Å². The molecule has 0 rings (SSSR count). The number of unbranched alkanes of at least 4 members (excludes halogenated alkanes) is 2. The predicted molar refractivity (Wildman–Crippen MR) is 84.5 cm³/mol. The molecule has 2 atom stereocenters. The molecule has 0 spiro atoms. The van der Waals surface area contributed by atoms with Crippen LogP contribution in [0.2, 0.25) is 0 Å². The molecule has 16 heavy (non-hydrogen) atoms. The number of halogens is 2. The summed E-state index contributed by atoms with van der Waals surface area (Å²) in [4.78, 5) is 0.483. The lowest BCUT2D eigenvalue weighted by molar-refractivity contribution is 0.0338. The van der Waals surface area contributed by atoms with Crippen LogP contribution in [0.4, 0.5) is 0 Å². The van der Waals surface area contributed by atoms with Crippen molar-refractivity contribution in [1.29, 1.82) is 0 Å². The van der Waals surface area contributed by atoms with Crippen molar-refractivity contribution in [1.82, 2.24) is 0 Å². The molecule has 0 aromatic carbocycles. The van der Waals surface area contributed by atoms with E-state index in [2.05, 4.69) is 51.0 Å². The fourth-order valence-corrected chi connectivity index (χ4v) is 3.04. The van der Waals surface area contributed by atoms with Crippen molar-refractivity contribution in [3.8, 4) is 0 Å². The summed E-state index contributed by atoms with van der Waals surface area (Å²) in [5.74, 6) is 0. The van der Waals surface area contributed by atoms with Gasteiger partial charge in [-0.3, -0.25) is 0 Å². The summed E-state index contributed by atoms with van der Waals surface area (Å²) >= 11 is 5.85. The number of ether oxygens (including phenoxy) is 1. The van der Waals surface area contributed by atoms with E-state index in [-0.39, 0.29) is 0 Å². The Balaban J connectivity index is 3.61. The predicted octanol–water partition coefficient (Wildman–Crippen LogP) is 5.14. The van der Waals surface area contributed by atoms with E-state index in [4.69, 9.17) is 8.92 Å². The van der Waals surface area contributed by atoms with Gasteiger partial charge >= 0.3 is 0 Å². The van der Waals surface area contributed by atoms with E-state index in [0.29, 0.717) is 24.1 Å². The Bertz CT molecular complexity index is 152. The molecule has 0 aliphatic rings. The third-order valence-electron chi connectivity index (χ3n) is 2.43. The van der Waals surface area contributed by atoms with Gasteiger partial charge in [0.2, 0.25) is 0 Å². The minimum atomic E-state index is 0.319. The van der Waals surface area contributed by atoms with Crippen LogP contribution < -0.4 is 0 Å². The molecule has 0 saturated heterocycles. The number of rotatable bonds is 11. The molecule has 0 aromatic rings. The normalized spacial score (nSPS) is 15.0. The zero-order valence-corrected chi connectivity index (χ0v) is 14.6. The van der Waals surface area contributed by atoms with E-state index in [1.807, 2.05) is 0 Å². The van der Waals surface area contributed by atoms with Gasteiger partial charge in [-0.15, -0.1) is 0 Å². The van der Waals surface area contributed by atoms with E-state index in [9.17, 15) is 0 Å². The largest absolute Gasteiger partial charge is 0.375 e. The molecule has 2 nitrogen and oxygen atoms in total. The Labute approximate surface area is 125 Å². The average molecular weight is 425 g/mol. The zero-order valence-electron chi connectivity index (χ0n) is 10.1. The number of alkyl halides is 1. The van der Waals surface area contributed by atoms with Crippen molar-refractivity contribution in [2.75, 3.05) is 13.2 Å². The van der Waals surface area contributed by atoms with Crippen molar-refractivity contribution >= 4 is 46.3 Å². The molecule has 2 unspecified atom stereocenters. The van der Waals surface area contributed by atoms with Crippen molar-refractivity contribution in [3.63, 3.8) is 0 Å². The molecule has 0 aromatic heterocycles. The van der Waals surface area contributed by atoms with Crippen molar-refractivity contribution < 1.29 is 8.92 Å². The van der Waals surface area contributed by atoms with Crippen molar-refractivity contribution in [2.45, 2.75) is 56.9 Å². The SMILES string of the molecule is CCCCCC(Br)C(CC)OCCOSI. The number of hydrogen-bond donors (Lipinski definition) is 0. The molecule has 0 fully saturated rings. The van der Waals surface area contributed by atoms with Gasteiger partial charge in [-0.1, -0.05) is 49.0 Å². The smallest absolute Gasteiger partial charge is 0.0857 e. The molecule has 0 N–H and O–H groups in total. The molecule has 0 heterocycles. The molecule has 98 valence electrons. The zero-order chi connectivity index (χ0) is 12.2. The molecule has 0 aliphatic carbocycles. The Morgan fingerprint density at radius 1 is 1.25 bits per heavy atom. The van der Waals surface area contributed by atoms with Crippen LogP contribution in [0.1, 0.15) is 46.0 Å². The first-order valence-corrected chi connectivity index (χ1v) is 10.1. The summed E-state index contributed by atoms with van der Waals surface area (Å²) in [6.07, 6.45) is 6.45. The standard InChI is InChI=1S/C11H22BrIO2S/c1-3-5-6-7-10(12)11(4-2)14-8-9-15-16-13/h10-11H,3-9H2,1-2H3. The van der Waals surface area contributed by atoms with Crippen molar-refractivity contribution in [3.05, 3.63) is 0 Å². The Morgan fingerprint density at radius 3 is 2.56 bits per heavy atom. The lowest BCUT2D eigenvalue weighted by atomic mass is 10.1. The molecular formula is C11H22BrIO2S. The molecule has 0 amide bonds. The van der Waals surface area contributed by atoms with Crippen LogP contribution in [0.15, 0.2) is 0 Å². The van der Waals surface area contributed by atoms with Gasteiger partial charge in [-0.05, 0) is 12.8 Å². The van der Waals surface area contributed by atoms with Crippen LogP contribution in [-0.4, -0.2) is 24.1 Å². The lowest BCUT2D eigenvalue weighted by Gasteiger charge is -2.21. The third-order valence-corrected chi connectivity index (χ3v) is 4.50. The van der Waals surface area contributed by atoms with E-state index in [1.165, 1.54) is 34.9 Å². The van der Waals surface area contributed by atoms with Gasteiger partial charge in [-0.25, -0.2) is 0 Å². The fourth-order valence-electron chi connectivity index (χ4n) is 1.52. The number of hydrogen-bond acceptors (Lipinski definition) is 3. The van der Waals surface area contributed by atoms with E-state index in [0.717, 1.165) is 6.42 Å². The quantitative estimate of drug-likeness (QED) is 0.198. The molecule has 0 saturated carbocycles. The van der Waals surface area contributed by atoms with Crippen LogP contribution >= 0.6 is 46.3 Å². The van der Waals surface area contributed by atoms with Crippen LogP contribution in [-0.2, 0) is 8.92 Å². The summed E-state index contributed by atoms with van der Waals surface area (Å²) in [5.41, 5.74) is 0. The highest BCUT2D eigenvalue weighted by atomic mass is 127. The van der Waals surface area contributed by atoms with Gasteiger partial charge in [0.1, 0.15) is 0 Å². The summed E-state index contributed by atoms with van der Waals surface area (Å²) < 4.78 is 11.0. The second kappa shape index (κ2) is 12.9. The summed E-state index contributed by atoms with van der Waals surface area (Å²) in [7, 11) is 1.36. The van der Waals surface area contributed by atoms with Gasteiger partial charge in [0.25, 0.3) is 0 Å².